The Bertz CT molecular complexity index is 868. The highest BCUT2D eigenvalue weighted by Gasteiger charge is 2.26. The third-order valence-electron chi connectivity index (χ3n) is 3.97. The van der Waals surface area contributed by atoms with Gasteiger partial charge in [0.15, 0.2) is 5.78 Å². The molecule has 0 saturated carbocycles. The lowest BCUT2D eigenvalue weighted by molar-refractivity contribution is -0.113. The van der Waals surface area contributed by atoms with E-state index in [0.29, 0.717) is 12.0 Å². The molecule has 0 unspecified atom stereocenters. The Morgan fingerprint density at radius 1 is 1.00 bits per heavy atom. The number of halogens is 1. The monoisotopic (exact) mass is 411 g/mol. The molecule has 3 rings (SSSR count). The van der Waals surface area contributed by atoms with Gasteiger partial charge >= 0.3 is 0 Å². The molecule has 0 atom stereocenters. The van der Waals surface area contributed by atoms with Gasteiger partial charge in [-0.15, -0.1) is 0 Å². The van der Waals surface area contributed by atoms with Gasteiger partial charge < -0.3 is 0 Å². The molecule has 0 heterocycles. The van der Waals surface area contributed by atoms with Crippen LogP contribution in [0.2, 0.25) is 0 Å². The van der Waals surface area contributed by atoms with Gasteiger partial charge in [-0.25, -0.2) is 0 Å². The van der Waals surface area contributed by atoms with Crippen LogP contribution in [0.25, 0.3) is 16.7 Å². The first-order valence-corrected chi connectivity index (χ1v) is 8.38. The van der Waals surface area contributed by atoms with Crippen LogP contribution in [0.1, 0.15) is 18.9 Å². The molecule has 1 aliphatic rings. The lowest BCUT2D eigenvalue weighted by Gasteiger charge is -2.08. The van der Waals surface area contributed by atoms with Crippen molar-refractivity contribution in [1.82, 2.24) is 0 Å². The average Bonchev–Trinajstić information content (AvgIpc) is 2.92. The Morgan fingerprint density at radius 3 is 2.13 bits per heavy atom. The van der Waals surface area contributed by atoms with Crippen molar-refractivity contribution in [2.45, 2.75) is 13.3 Å². The molecule has 1 aliphatic carbocycles. The van der Waals surface area contributed by atoms with Crippen molar-refractivity contribution in [2.24, 2.45) is 0 Å². The van der Waals surface area contributed by atoms with Gasteiger partial charge in [-0.2, -0.15) is 5.26 Å². The molecule has 0 fully saturated rings. The number of hydrogen-bond acceptors (Lipinski definition) is 2. The Hall–Kier alpha value is -2.19. The van der Waals surface area contributed by atoms with Gasteiger partial charge in [0.05, 0.1) is 5.57 Å². The van der Waals surface area contributed by atoms with Crippen molar-refractivity contribution in [3.05, 3.63) is 74.9 Å². The smallest absolute Gasteiger partial charge is 0.156 e. The minimum Gasteiger partial charge on any atom is -0.295 e. The van der Waals surface area contributed by atoms with E-state index in [-0.39, 0.29) is 5.78 Å². The first-order valence-electron chi connectivity index (χ1n) is 7.31. The summed E-state index contributed by atoms with van der Waals surface area (Å²) in [6, 6.07) is 20.5. The fourth-order valence-corrected chi connectivity index (χ4v) is 3.59. The van der Waals surface area contributed by atoms with E-state index >= 15 is 0 Å². The molecular weight excluding hydrogens is 397 g/mol. The molecule has 0 amide bonds. The molecule has 2 aromatic carbocycles. The molecule has 0 aliphatic heterocycles. The van der Waals surface area contributed by atoms with Crippen LogP contribution in [0.3, 0.4) is 0 Å². The van der Waals surface area contributed by atoms with E-state index in [1.165, 1.54) is 0 Å². The number of nitrogens with zero attached hydrogens (tertiary/aromatic N) is 1. The number of rotatable bonds is 3. The average molecular weight is 411 g/mol. The van der Waals surface area contributed by atoms with Crippen molar-refractivity contribution in [3.8, 4) is 17.2 Å². The number of carbonyl (C=O) groups is 1. The van der Waals surface area contributed by atoms with Gasteiger partial charge in [0.1, 0.15) is 6.07 Å². The van der Waals surface area contributed by atoms with E-state index in [9.17, 15) is 10.1 Å². The number of Topliss-reactive ketones (excluding diaryl/α,β-unsaturated/α-hetero) is 1. The summed E-state index contributed by atoms with van der Waals surface area (Å²) in [5, 5.41) is 9.44. The molecule has 0 aromatic heterocycles. The lowest BCUT2D eigenvalue weighted by Crippen LogP contribution is -1.98. The van der Waals surface area contributed by atoms with Crippen LogP contribution >= 0.6 is 22.6 Å². The normalized spacial score (nSPS) is 14.1. The predicted molar refractivity (Wildman–Crippen MR) is 101 cm³/mol. The van der Waals surface area contributed by atoms with Gasteiger partial charge in [0.25, 0.3) is 0 Å². The highest BCUT2D eigenvalue weighted by atomic mass is 127. The summed E-state index contributed by atoms with van der Waals surface area (Å²) in [6.45, 7) is 1.57. The topological polar surface area (TPSA) is 40.9 Å². The molecule has 0 radical (unpaired) electrons. The molecule has 0 spiro atoms. The predicted octanol–water partition coefficient (Wildman–Crippen LogP) is 5.31. The molecule has 2 aromatic rings. The van der Waals surface area contributed by atoms with Crippen LogP contribution in [-0.4, -0.2) is 5.78 Å². The molecule has 3 heteroatoms. The van der Waals surface area contributed by atoms with Crippen LogP contribution in [0.5, 0.6) is 0 Å². The zero-order chi connectivity index (χ0) is 16.4. The van der Waals surface area contributed by atoms with E-state index in [0.717, 1.165) is 31.4 Å². The van der Waals surface area contributed by atoms with Crippen molar-refractivity contribution >= 4 is 33.9 Å². The molecule has 0 saturated heterocycles. The van der Waals surface area contributed by atoms with Crippen LogP contribution < -0.4 is 0 Å². The fraction of sp³-hybridized carbons (Fsp3) is 0.100. The third-order valence-corrected chi connectivity index (χ3v) is 4.89. The highest BCUT2D eigenvalue weighted by Crippen LogP contribution is 2.42. The first-order chi connectivity index (χ1) is 11.1. The van der Waals surface area contributed by atoms with Crippen molar-refractivity contribution in [3.63, 3.8) is 0 Å². The number of benzene rings is 2. The number of allylic oxidation sites excluding steroid dienone is 4. The van der Waals surface area contributed by atoms with E-state index in [4.69, 9.17) is 0 Å². The molecule has 23 heavy (non-hydrogen) atoms. The summed E-state index contributed by atoms with van der Waals surface area (Å²) in [5.74, 6) is 0.0338. The SMILES string of the molecule is CC(=O)C1=C(c2ccc(-c3ccccc3)cc2)C(C#N)=C(I)C1. The van der Waals surface area contributed by atoms with E-state index < -0.39 is 0 Å². The van der Waals surface area contributed by atoms with Crippen molar-refractivity contribution in [1.29, 1.82) is 5.26 Å². The number of ketones is 1. The molecule has 0 N–H and O–H groups in total. The minimum absolute atomic E-state index is 0.0338. The summed E-state index contributed by atoms with van der Waals surface area (Å²) < 4.78 is 0.942. The second-order valence-corrected chi connectivity index (χ2v) is 6.72. The molecule has 112 valence electrons. The third kappa shape index (κ3) is 2.99. The summed E-state index contributed by atoms with van der Waals surface area (Å²) in [7, 11) is 0. The Balaban J connectivity index is 2.06. The fourth-order valence-electron chi connectivity index (χ4n) is 2.81. The first kappa shape index (κ1) is 15.7. The number of nitriles is 1. The largest absolute Gasteiger partial charge is 0.295 e. The number of carbonyl (C=O) groups excluding carboxylic acids is 1. The maximum atomic E-state index is 11.9. The van der Waals surface area contributed by atoms with Crippen molar-refractivity contribution < 1.29 is 4.79 Å². The molecule has 0 bridgehead atoms. The standard InChI is InChI=1S/C20H14INO/c1-13(23)17-11-19(21)18(12-22)20(17)16-9-7-15(8-10-16)14-5-3-2-4-6-14/h2-10H,11H2,1H3. The number of hydrogen-bond donors (Lipinski definition) is 0. The lowest BCUT2D eigenvalue weighted by atomic mass is 9.94. The van der Waals surface area contributed by atoms with E-state index in [1.54, 1.807) is 6.92 Å². The minimum atomic E-state index is 0.0338. The maximum absolute atomic E-state index is 11.9. The Morgan fingerprint density at radius 2 is 1.57 bits per heavy atom. The summed E-state index contributed by atoms with van der Waals surface area (Å²) in [6.07, 6.45) is 0.564. The van der Waals surface area contributed by atoms with Gasteiger partial charge in [-0.3, -0.25) is 4.79 Å². The van der Waals surface area contributed by atoms with E-state index in [1.807, 2.05) is 42.5 Å². The van der Waals surface area contributed by atoms with Crippen LogP contribution in [0.15, 0.2) is 69.3 Å². The Kier molecular flexibility index (Phi) is 4.44. The second-order valence-electron chi connectivity index (χ2n) is 5.42. The summed E-state index contributed by atoms with van der Waals surface area (Å²) in [5.41, 5.74) is 5.36. The van der Waals surface area contributed by atoms with Crippen LogP contribution in [0, 0.1) is 11.3 Å². The van der Waals surface area contributed by atoms with Crippen LogP contribution in [0.4, 0.5) is 0 Å². The quantitative estimate of drug-likeness (QED) is 0.643. The highest BCUT2D eigenvalue weighted by molar-refractivity contribution is 14.1. The maximum Gasteiger partial charge on any atom is 0.156 e. The van der Waals surface area contributed by atoms with E-state index in [2.05, 4.69) is 40.8 Å². The zero-order valence-corrected chi connectivity index (χ0v) is 14.8. The van der Waals surface area contributed by atoms with Gasteiger partial charge in [-0.1, -0.05) is 54.6 Å². The zero-order valence-electron chi connectivity index (χ0n) is 12.6. The van der Waals surface area contributed by atoms with Gasteiger partial charge in [-0.05, 0) is 46.2 Å². The summed E-state index contributed by atoms with van der Waals surface area (Å²) >= 11 is 2.16. The summed E-state index contributed by atoms with van der Waals surface area (Å²) in [4.78, 5) is 11.9. The van der Waals surface area contributed by atoms with Gasteiger partial charge in [0, 0.05) is 21.1 Å². The van der Waals surface area contributed by atoms with Gasteiger partial charge in [0.2, 0.25) is 0 Å². The van der Waals surface area contributed by atoms with Crippen LogP contribution in [-0.2, 0) is 4.79 Å². The molecular formula is C20H14INO. The Labute approximate surface area is 149 Å². The van der Waals surface area contributed by atoms with Crippen molar-refractivity contribution in [2.75, 3.05) is 0 Å². The molecule has 2 nitrogen and oxygen atoms in total. The second kappa shape index (κ2) is 6.51.